The zero-order chi connectivity index (χ0) is 21.7. The topological polar surface area (TPSA) is 102 Å². The zero-order valence-electron chi connectivity index (χ0n) is 15.7. The van der Waals surface area contributed by atoms with Crippen molar-refractivity contribution < 1.29 is 27.1 Å². The predicted molar refractivity (Wildman–Crippen MR) is 112 cm³/mol. The molecule has 3 rings (SSSR count). The highest BCUT2D eigenvalue weighted by Crippen LogP contribution is 2.24. The number of amides is 1. The third-order valence-corrected chi connectivity index (χ3v) is 6.20. The third-order valence-electron chi connectivity index (χ3n) is 3.82. The first kappa shape index (κ1) is 21.5. The molecule has 3 aromatic rings. The summed E-state index contributed by atoms with van der Waals surface area (Å²) in [6.07, 6.45) is 0. The van der Waals surface area contributed by atoms with Crippen LogP contribution >= 0.6 is 11.3 Å². The molecule has 0 spiro atoms. The summed E-state index contributed by atoms with van der Waals surface area (Å²) < 4.78 is 45.3. The molecule has 1 heterocycles. The Morgan fingerprint density at radius 1 is 1.07 bits per heavy atom. The molecule has 156 valence electrons. The summed E-state index contributed by atoms with van der Waals surface area (Å²) in [5, 5.41) is 3.10. The molecule has 10 heteroatoms. The first-order valence-corrected chi connectivity index (χ1v) is 11.1. The van der Waals surface area contributed by atoms with E-state index in [9.17, 15) is 22.4 Å². The molecule has 0 bridgehead atoms. The molecule has 0 saturated heterocycles. The Labute approximate surface area is 176 Å². The van der Waals surface area contributed by atoms with Crippen molar-refractivity contribution in [1.29, 1.82) is 0 Å². The second-order valence-corrected chi connectivity index (χ2v) is 8.74. The van der Waals surface area contributed by atoms with Gasteiger partial charge in [0.2, 0.25) is 0 Å². The number of sulfonamides is 1. The van der Waals surface area contributed by atoms with E-state index in [4.69, 9.17) is 4.74 Å². The maximum absolute atomic E-state index is 13.2. The maximum atomic E-state index is 13.2. The zero-order valence-corrected chi connectivity index (χ0v) is 17.3. The Bertz CT molecular complexity index is 1170. The van der Waals surface area contributed by atoms with Gasteiger partial charge in [-0.2, -0.15) is 0 Å². The minimum atomic E-state index is -3.94. The van der Waals surface area contributed by atoms with E-state index in [1.807, 2.05) is 0 Å². The van der Waals surface area contributed by atoms with Gasteiger partial charge >= 0.3 is 5.97 Å². The number of esters is 1. The molecule has 0 unspecified atom stereocenters. The maximum Gasteiger partial charge on any atom is 0.348 e. The van der Waals surface area contributed by atoms with Crippen molar-refractivity contribution in [1.82, 2.24) is 0 Å². The number of thiophene rings is 1. The van der Waals surface area contributed by atoms with Crippen LogP contribution in [0, 0.1) is 5.82 Å². The standard InChI is InChI=1S/C20H17FN2O5S2/c1-2-28-20(25)17-10-11-18(29-17)22-19(24)13-6-8-16(9-7-13)30(26,27)23-15-5-3-4-14(21)12-15/h3-12,23H,2H2,1H3,(H,22,24). The molecule has 0 atom stereocenters. The van der Waals surface area contributed by atoms with Crippen molar-refractivity contribution in [3.05, 3.63) is 76.9 Å². The van der Waals surface area contributed by atoms with E-state index in [2.05, 4.69) is 10.0 Å². The van der Waals surface area contributed by atoms with Gasteiger partial charge in [-0.3, -0.25) is 9.52 Å². The van der Waals surface area contributed by atoms with Crippen molar-refractivity contribution in [2.75, 3.05) is 16.6 Å². The molecule has 2 aromatic carbocycles. The Kier molecular flexibility index (Phi) is 6.48. The minimum Gasteiger partial charge on any atom is -0.462 e. The van der Waals surface area contributed by atoms with Crippen LogP contribution in [0.4, 0.5) is 15.1 Å². The van der Waals surface area contributed by atoms with Crippen molar-refractivity contribution in [2.24, 2.45) is 0 Å². The van der Waals surface area contributed by atoms with Crippen LogP contribution in [0.25, 0.3) is 0 Å². The van der Waals surface area contributed by atoms with E-state index in [0.29, 0.717) is 9.88 Å². The average molecular weight is 448 g/mol. The number of ether oxygens (including phenoxy) is 1. The number of hydrogen-bond acceptors (Lipinski definition) is 6. The van der Waals surface area contributed by atoms with Gasteiger partial charge in [0.1, 0.15) is 10.7 Å². The summed E-state index contributed by atoms with van der Waals surface area (Å²) in [5.74, 6) is -1.50. The predicted octanol–water partition coefficient (Wildman–Crippen LogP) is 4.12. The van der Waals surface area contributed by atoms with Gasteiger partial charge in [-0.25, -0.2) is 17.6 Å². The average Bonchev–Trinajstić information content (AvgIpc) is 3.16. The Morgan fingerprint density at radius 3 is 2.47 bits per heavy atom. The largest absolute Gasteiger partial charge is 0.462 e. The van der Waals surface area contributed by atoms with Crippen LogP contribution in [0.15, 0.2) is 65.6 Å². The summed E-state index contributed by atoms with van der Waals surface area (Å²) in [7, 11) is -3.94. The van der Waals surface area contributed by atoms with Gasteiger partial charge in [-0.05, 0) is 61.5 Å². The smallest absolute Gasteiger partial charge is 0.348 e. The van der Waals surface area contributed by atoms with Gasteiger partial charge in [0.15, 0.2) is 0 Å². The number of nitrogens with one attached hydrogen (secondary N) is 2. The normalized spacial score (nSPS) is 11.0. The molecule has 0 aliphatic carbocycles. The molecule has 0 fully saturated rings. The van der Waals surface area contributed by atoms with Gasteiger partial charge in [-0.1, -0.05) is 6.07 Å². The molecule has 0 radical (unpaired) electrons. The lowest BCUT2D eigenvalue weighted by molar-refractivity contribution is 0.0532. The molecule has 0 saturated carbocycles. The molecule has 0 aliphatic heterocycles. The third kappa shape index (κ3) is 5.22. The molecule has 1 aromatic heterocycles. The Balaban J connectivity index is 1.69. The van der Waals surface area contributed by atoms with Gasteiger partial charge < -0.3 is 10.1 Å². The van der Waals surface area contributed by atoms with Crippen LogP contribution in [0.1, 0.15) is 27.0 Å². The quantitative estimate of drug-likeness (QED) is 0.530. The van der Waals surface area contributed by atoms with Gasteiger partial charge in [0.25, 0.3) is 15.9 Å². The van der Waals surface area contributed by atoms with E-state index < -0.39 is 27.7 Å². The lowest BCUT2D eigenvalue weighted by Crippen LogP contribution is -2.14. The summed E-state index contributed by atoms with van der Waals surface area (Å²) >= 11 is 1.07. The van der Waals surface area contributed by atoms with E-state index in [-0.39, 0.29) is 22.8 Å². The number of anilines is 2. The van der Waals surface area contributed by atoms with Crippen LogP contribution in [-0.4, -0.2) is 26.9 Å². The number of halogens is 1. The second kappa shape index (κ2) is 9.06. The fraction of sp³-hybridized carbons (Fsp3) is 0.100. The molecule has 2 N–H and O–H groups in total. The van der Waals surface area contributed by atoms with Crippen molar-refractivity contribution in [2.45, 2.75) is 11.8 Å². The van der Waals surface area contributed by atoms with Crippen LogP contribution in [0.2, 0.25) is 0 Å². The highest BCUT2D eigenvalue weighted by Gasteiger charge is 2.16. The van der Waals surface area contributed by atoms with Gasteiger partial charge in [-0.15, -0.1) is 11.3 Å². The number of carbonyl (C=O) groups excluding carboxylic acids is 2. The van der Waals surface area contributed by atoms with Crippen molar-refractivity contribution in [3.8, 4) is 0 Å². The molecule has 30 heavy (non-hydrogen) atoms. The number of hydrogen-bond donors (Lipinski definition) is 2. The highest BCUT2D eigenvalue weighted by molar-refractivity contribution is 7.92. The SMILES string of the molecule is CCOC(=O)c1ccc(NC(=O)c2ccc(S(=O)(=O)Nc3cccc(F)c3)cc2)s1. The number of rotatable bonds is 7. The highest BCUT2D eigenvalue weighted by atomic mass is 32.2. The molecule has 0 aliphatic rings. The van der Waals surface area contributed by atoms with Crippen LogP contribution < -0.4 is 10.0 Å². The Hall–Kier alpha value is -3.24. The molecular weight excluding hydrogens is 431 g/mol. The monoisotopic (exact) mass is 448 g/mol. The lowest BCUT2D eigenvalue weighted by atomic mass is 10.2. The summed E-state index contributed by atoms with van der Waals surface area (Å²) in [4.78, 5) is 24.3. The van der Waals surface area contributed by atoms with Crippen LogP contribution in [-0.2, 0) is 14.8 Å². The molecule has 1 amide bonds. The van der Waals surface area contributed by atoms with E-state index >= 15 is 0 Å². The van der Waals surface area contributed by atoms with E-state index in [1.165, 1.54) is 42.5 Å². The van der Waals surface area contributed by atoms with Crippen molar-refractivity contribution in [3.63, 3.8) is 0 Å². The first-order valence-electron chi connectivity index (χ1n) is 8.75. The first-order chi connectivity index (χ1) is 14.3. The summed E-state index contributed by atoms with van der Waals surface area (Å²) in [6.45, 7) is 1.95. The fourth-order valence-corrected chi connectivity index (χ4v) is 4.30. The lowest BCUT2D eigenvalue weighted by Gasteiger charge is -2.09. The minimum absolute atomic E-state index is 0.0796. The van der Waals surface area contributed by atoms with Crippen LogP contribution in [0.3, 0.4) is 0 Å². The van der Waals surface area contributed by atoms with E-state index in [0.717, 1.165) is 17.4 Å². The number of benzene rings is 2. The van der Waals surface area contributed by atoms with Gasteiger partial charge in [0.05, 0.1) is 22.2 Å². The number of carbonyl (C=O) groups is 2. The summed E-state index contributed by atoms with van der Waals surface area (Å²) in [5.41, 5.74) is 0.317. The molecule has 7 nitrogen and oxygen atoms in total. The summed E-state index contributed by atoms with van der Waals surface area (Å²) in [6, 6.07) is 13.5. The van der Waals surface area contributed by atoms with Gasteiger partial charge in [0, 0.05) is 5.56 Å². The van der Waals surface area contributed by atoms with E-state index in [1.54, 1.807) is 19.1 Å². The molecular formula is C20H17FN2O5S2. The second-order valence-electron chi connectivity index (χ2n) is 5.98. The van der Waals surface area contributed by atoms with Crippen LogP contribution in [0.5, 0.6) is 0 Å². The van der Waals surface area contributed by atoms with Crippen molar-refractivity contribution >= 4 is 43.9 Å². The Morgan fingerprint density at radius 2 is 1.80 bits per heavy atom. The fourth-order valence-electron chi connectivity index (χ4n) is 2.45.